The van der Waals surface area contributed by atoms with Crippen molar-refractivity contribution in [2.24, 2.45) is 0 Å². The van der Waals surface area contributed by atoms with Crippen molar-refractivity contribution in [3.63, 3.8) is 0 Å². The van der Waals surface area contributed by atoms with Gasteiger partial charge in [0.25, 0.3) is 0 Å². The molecule has 0 spiro atoms. The van der Waals surface area contributed by atoms with E-state index in [1.807, 2.05) is 26.8 Å². The van der Waals surface area contributed by atoms with Crippen molar-refractivity contribution in [3.05, 3.63) is 33.8 Å². The summed E-state index contributed by atoms with van der Waals surface area (Å²) in [6, 6.07) is 3.76. The summed E-state index contributed by atoms with van der Waals surface area (Å²) in [7, 11) is 0. The second-order valence-corrected chi connectivity index (χ2v) is 8.85. The molecular weight excluding hydrogens is 384 g/mol. The van der Waals surface area contributed by atoms with Crippen molar-refractivity contribution < 1.29 is 23.8 Å². The van der Waals surface area contributed by atoms with Crippen LogP contribution in [0.15, 0.2) is 12.1 Å². The number of ether oxygens (including phenoxy) is 3. The van der Waals surface area contributed by atoms with Gasteiger partial charge in [-0.15, -0.1) is 0 Å². The number of benzene rings is 1. The minimum Gasteiger partial charge on any atom is -0.457 e. The zero-order valence-electron chi connectivity index (χ0n) is 16.4. The third-order valence-electron chi connectivity index (χ3n) is 5.33. The third kappa shape index (κ3) is 3.71. The van der Waals surface area contributed by atoms with E-state index in [1.54, 1.807) is 11.0 Å². The first-order chi connectivity index (χ1) is 13.2. The number of hydrogen-bond donors (Lipinski definition) is 0. The first-order valence-electron chi connectivity index (χ1n) is 9.55. The lowest BCUT2D eigenvalue weighted by Gasteiger charge is -2.46. The van der Waals surface area contributed by atoms with E-state index in [-0.39, 0.29) is 30.8 Å². The normalized spacial score (nSPS) is 25.1. The fraction of sp³-hybridized carbons (Fsp3) is 0.600. The molecule has 3 aliphatic rings. The number of amides is 1. The van der Waals surface area contributed by atoms with Crippen LogP contribution in [0, 0.1) is 0 Å². The van der Waals surface area contributed by atoms with Gasteiger partial charge in [-0.2, -0.15) is 0 Å². The SMILES string of the molecule is CC(C)(C)OC(=O)N1CCN2C[C@H](c3ccc4c(c3Cl)COC4=O)OCC2C1. The summed E-state index contributed by atoms with van der Waals surface area (Å²) >= 11 is 6.55. The first-order valence-corrected chi connectivity index (χ1v) is 9.92. The zero-order chi connectivity index (χ0) is 20.1. The van der Waals surface area contributed by atoms with Crippen molar-refractivity contribution in [2.75, 3.05) is 32.8 Å². The van der Waals surface area contributed by atoms with Crippen LogP contribution in [0.25, 0.3) is 0 Å². The molecule has 2 atom stereocenters. The lowest BCUT2D eigenvalue weighted by molar-refractivity contribution is -0.0906. The highest BCUT2D eigenvalue weighted by atomic mass is 35.5. The van der Waals surface area contributed by atoms with Crippen LogP contribution in [0.1, 0.15) is 48.4 Å². The molecule has 1 aromatic carbocycles. The topological polar surface area (TPSA) is 68.3 Å². The molecule has 4 rings (SSSR count). The molecule has 0 aliphatic carbocycles. The molecule has 152 valence electrons. The Balaban J connectivity index is 1.42. The molecule has 1 amide bonds. The molecule has 0 bridgehead atoms. The van der Waals surface area contributed by atoms with E-state index in [0.717, 1.165) is 17.7 Å². The average Bonchev–Trinajstić information content (AvgIpc) is 3.02. The highest BCUT2D eigenvalue weighted by Gasteiger charge is 2.38. The molecule has 1 unspecified atom stereocenters. The standard InChI is InChI=1S/C20H25ClN2O5/c1-20(2,3)28-19(25)23-7-6-22-9-16(26-10-12(22)8-23)14-5-4-13-15(17(14)21)11-27-18(13)24/h4-5,12,16H,6-11H2,1-3H3/t12?,16-/m1/s1. The van der Waals surface area contributed by atoms with Gasteiger partial charge in [-0.05, 0) is 26.8 Å². The number of piperazine rings is 1. The van der Waals surface area contributed by atoms with Gasteiger partial charge in [-0.1, -0.05) is 17.7 Å². The number of carbonyl (C=O) groups is 2. The van der Waals surface area contributed by atoms with Crippen LogP contribution >= 0.6 is 11.6 Å². The molecule has 7 nitrogen and oxygen atoms in total. The molecule has 8 heteroatoms. The van der Waals surface area contributed by atoms with Gasteiger partial charge in [0.2, 0.25) is 0 Å². The molecular formula is C20H25ClN2O5. The number of rotatable bonds is 1. The molecule has 0 aromatic heterocycles. The van der Waals surface area contributed by atoms with Gasteiger partial charge in [-0.25, -0.2) is 9.59 Å². The van der Waals surface area contributed by atoms with Crippen LogP contribution in [-0.4, -0.2) is 66.3 Å². The largest absolute Gasteiger partial charge is 0.457 e. The fourth-order valence-electron chi connectivity index (χ4n) is 3.90. The maximum absolute atomic E-state index is 12.3. The van der Waals surface area contributed by atoms with Crippen LogP contribution in [0.2, 0.25) is 5.02 Å². The Morgan fingerprint density at radius 2 is 2.04 bits per heavy atom. The van der Waals surface area contributed by atoms with Gasteiger partial charge in [0.05, 0.1) is 29.3 Å². The van der Waals surface area contributed by atoms with Crippen molar-refractivity contribution in [1.29, 1.82) is 0 Å². The van der Waals surface area contributed by atoms with Crippen LogP contribution in [0.5, 0.6) is 0 Å². The van der Waals surface area contributed by atoms with Crippen molar-refractivity contribution in [1.82, 2.24) is 9.80 Å². The lowest BCUT2D eigenvalue weighted by atomic mass is 9.99. The first kappa shape index (κ1) is 19.5. The van der Waals surface area contributed by atoms with Gasteiger partial charge < -0.3 is 19.1 Å². The third-order valence-corrected chi connectivity index (χ3v) is 5.78. The molecule has 0 saturated carbocycles. The Hall–Kier alpha value is -1.83. The number of hydrogen-bond acceptors (Lipinski definition) is 6. The van der Waals surface area contributed by atoms with Crippen molar-refractivity contribution in [2.45, 2.75) is 45.1 Å². The quantitative estimate of drug-likeness (QED) is 0.665. The summed E-state index contributed by atoms with van der Waals surface area (Å²) in [5.74, 6) is -0.327. The monoisotopic (exact) mass is 408 g/mol. The van der Waals surface area contributed by atoms with Gasteiger partial charge in [0.15, 0.2) is 0 Å². The molecule has 2 saturated heterocycles. The molecule has 1 aromatic rings. The number of halogens is 1. The Kier molecular flexibility index (Phi) is 5.02. The highest BCUT2D eigenvalue weighted by molar-refractivity contribution is 6.32. The van der Waals surface area contributed by atoms with Gasteiger partial charge >= 0.3 is 12.1 Å². The van der Waals surface area contributed by atoms with E-state index in [9.17, 15) is 9.59 Å². The van der Waals surface area contributed by atoms with E-state index in [1.165, 1.54) is 0 Å². The van der Waals surface area contributed by atoms with Crippen molar-refractivity contribution in [3.8, 4) is 0 Å². The lowest BCUT2D eigenvalue weighted by Crippen LogP contribution is -2.60. The van der Waals surface area contributed by atoms with E-state index >= 15 is 0 Å². The Morgan fingerprint density at radius 3 is 2.79 bits per heavy atom. The molecule has 3 aliphatic heterocycles. The number of cyclic esters (lactones) is 1. The minimum absolute atomic E-state index is 0.135. The molecule has 2 fully saturated rings. The summed E-state index contributed by atoms with van der Waals surface area (Å²) in [6.45, 7) is 8.99. The summed E-state index contributed by atoms with van der Waals surface area (Å²) in [6.07, 6.45) is -0.446. The van der Waals surface area contributed by atoms with E-state index in [4.69, 9.17) is 25.8 Å². The van der Waals surface area contributed by atoms with E-state index in [0.29, 0.717) is 36.8 Å². The number of morpholine rings is 1. The van der Waals surface area contributed by atoms with Gasteiger partial charge in [0, 0.05) is 37.3 Å². The van der Waals surface area contributed by atoms with Gasteiger partial charge in [-0.3, -0.25) is 4.90 Å². The van der Waals surface area contributed by atoms with E-state index in [2.05, 4.69) is 4.90 Å². The second-order valence-electron chi connectivity index (χ2n) is 8.47. The molecule has 28 heavy (non-hydrogen) atoms. The summed E-state index contributed by atoms with van der Waals surface area (Å²) in [5, 5.41) is 0.555. The smallest absolute Gasteiger partial charge is 0.410 e. The second kappa shape index (κ2) is 7.21. The van der Waals surface area contributed by atoms with E-state index < -0.39 is 5.60 Å². The minimum atomic E-state index is -0.502. The zero-order valence-corrected chi connectivity index (χ0v) is 17.1. The number of carbonyl (C=O) groups excluding carboxylic acids is 2. The maximum Gasteiger partial charge on any atom is 0.410 e. The Labute approximate surface area is 169 Å². The molecule has 0 radical (unpaired) electrons. The van der Waals surface area contributed by atoms with Crippen LogP contribution in [-0.2, 0) is 20.8 Å². The van der Waals surface area contributed by atoms with Gasteiger partial charge in [0.1, 0.15) is 12.2 Å². The predicted octanol–water partition coefficient (Wildman–Crippen LogP) is 3.00. The molecule has 3 heterocycles. The Morgan fingerprint density at radius 1 is 1.25 bits per heavy atom. The van der Waals surface area contributed by atoms with Crippen molar-refractivity contribution >= 4 is 23.7 Å². The fourth-order valence-corrected chi connectivity index (χ4v) is 4.24. The van der Waals surface area contributed by atoms with Crippen LogP contribution in [0.3, 0.4) is 0 Å². The van der Waals surface area contributed by atoms with Crippen LogP contribution in [0.4, 0.5) is 4.79 Å². The Bertz CT molecular complexity index is 807. The summed E-state index contributed by atoms with van der Waals surface area (Å²) in [5.41, 5.74) is 1.66. The predicted molar refractivity (Wildman–Crippen MR) is 102 cm³/mol. The number of esters is 1. The average molecular weight is 409 g/mol. The summed E-state index contributed by atoms with van der Waals surface area (Å²) in [4.78, 5) is 28.1. The summed E-state index contributed by atoms with van der Waals surface area (Å²) < 4.78 is 16.7. The number of fused-ring (bicyclic) bond motifs is 2. The number of nitrogens with zero attached hydrogens (tertiary/aromatic N) is 2. The highest BCUT2D eigenvalue weighted by Crippen LogP contribution is 2.37. The van der Waals surface area contributed by atoms with Crippen LogP contribution < -0.4 is 0 Å². The maximum atomic E-state index is 12.3. The molecule has 0 N–H and O–H groups in total.